The standard InChI is InChI=1S/C17H20ClNO2/c1-11(13-5-3-7-19-10-13)8-15(20)16-9-12-4-2-6-14(18)17(12)21-16/h2,4,6,9,11,13,19H,3,5,7-8,10H2,1H3. The molecule has 0 bridgehead atoms. The Labute approximate surface area is 129 Å². The summed E-state index contributed by atoms with van der Waals surface area (Å²) in [5, 5.41) is 4.84. The lowest BCUT2D eigenvalue weighted by atomic mass is 9.84. The molecule has 1 N–H and O–H groups in total. The van der Waals surface area contributed by atoms with Crippen molar-refractivity contribution in [3.05, 3.63) is 35.0 Å². The summed E-state index contributed by atoms with van der Waals surface area (Å²) in [6, 6.07) is 7.36. The van der Waals surface area contributed by atoms with Crippen molar-refractivity contribution < 1.29 is 9.21 Å². The summed E-state index contributed by atoms with van der Waals surface area (Å²) in [6.45, 7) is 4.27. The maximum absolute atomic E-state index is 12.4. The van der Waals surface area contributed by atoms with Gasteiger partial charge in [0.15, 0.2) is 17.1 Å². The molecule has 2 heterocycles. The van der Waals surface area contributed by atoms with Gasteiger partial charge in [0.2, 0.25) is 0 Å². The van der Waals surface area contributed by atoms with Crippen LogP contribution in [0.5, 0.6) is 0 Å². The first-order valence-corrected chi connectivity index (χ1v) is 7.95. The molecular formula is C17H20ClNO2. The maximum Gasteiger partial charge on any atom is 0.198 e. The number of nitrogens with one attached hydrogen (secondary N) is 1. The van der Waals surface area contributed by atoms with Crippen molar-refractivity contribution in [2.24, 2.45) is 11.8 Å². The van der Waals surface area contributed by atoms with E-state index in [0.29, 0.717) is 34.6 Å². The molecule has 21 heavy (non-hydrogen) atoms. The number of furan rings is 1. The minimum atomic E-state index is 0.0698. The fourth-order valence-corrected chi connectivity index (χ4v) is 3.31. The van der Waals surface area contributed by atoms with Crippen molar-refractivity contribution >= 4 is 28.4 Å². The molecule has 3 rings (SSSR count). The zero-order valence-electron chi connectivity index (χ0n) is 12.2. The number of Topliss-reactive ketones (excluding diaryl/α,β-unsaturated/α-hetero) is 1. The second kappa shape index (κ2) is 6.20. The molecule has 112 valence electrons. The topological polar surface area (TPSA) is 42.2 Å². The van der Waals surface area contributed by atoms with Crippen molar-refractivity contribution in [3.8, 4) is 0 Å². The Bertz CT molecular complexity index is 643. The molecule has 0 spiro atoms. The van der Waals surface area contributed by atoms with E-state index in [1.54, 1.807) is 12.1 Å². The van der Waals surface area contributed by atoms with Crippen molar-refractivity contribution in [2.75, 3.05) is 13.1 Å². The van der Waals surface area contributed by atoms with Gasteiger partial charge in [0.05, 0.1) is 5.02 Å². The van der Waals surface area contributed by atoms with Crippen LogP contribution in [0.2, 0.25) is 5.02 Å². The summed E-state index contributed by atoms with van der Waals surface area (Å²) in [6.07, 6.45) is 2.93. The number of carbonyl (C=O) groups is 1. The van der Waals surface area contributed by atoms with Crippen LogP contribution in [-0.2, 0) is 0 Å². The Kier molecular flexibility index (Phi) is 4.32. The van der Waals surface area contributed by atoms with Crippen molar-refractivity contribution in [2.45, 2.75) is 26.2 Å². The first kappa shape index (κ1) is 14.6. The normalized spacial score (nSPS) is 20.6. The zero-order chi connectivity index (χ0) is 14.8. The summed E-state index contributed by atoms with van der Waals surface area (Å²) in [7, 11) is 0. The molecule has 1 fully saturated rings. The molecule has 4 heteroatoms. The van der Waals surface area contributed by atoms with Gasteiger partial charge in [-0.15, -0.1) is 0 Å². The van der Waals surface area contributed by atoms with Crippen molar-refractivity contribution in [1.29, 1.82) is 0 Å². The minimum Gasteiger partial charge on any atom is -0.451 e. The lowest BCUT2D eigenvalue weighted by molar-refractivity contribution is 0.0917. The Morgan fingerprint density at radius 3 is 3.10 bits per heavy atom. The predicted octanol–water partition coefficient (Wildman–Crippen LogP) is 4.29. The fourth-order valence-electron chi connectivity index (χ4n) is 3.09. The van der Waals surface area contributed by atoms with Crippen LogP contribution in [0, 0.1) is 11.8 Å². The monoisotopic (exact) mass is 305 g/mol. The molecular weight excluding hydrogens is 286 g/mol. The van der Waals surface area contributed by atoms with E-state index in [0.717, 1.165) is 18.5 Å². The Balaban J connectivity index is 1.72. The van der Waals surface area contributed by atoms with E-state index in [2.05, 4.69) is 12.2 Å². The molecule has 3 nitrogen and oxygen atoms in total. The zero-order valence-corrected chi connectivity index (χ0v) is 13.0. The van der Waals surface area contributed by atoms with Gasteiger partial charge in [0.25, 0.3) is 0 Å². The van der Waals surface area contributed by atoms with Crippen LogP contribution >= 0.6 is 11.6 Å². The maximum atomic E-state index is 12.4. The minimum absolute atomic E-state index is 0.0698. The van der Waals surface area contributed by atoms with Gasteiger partial charge in [0, 0.05) is 11.8 Å². The summed E-state index contributed by atoms with van der Waals surface area (Å²) >= 11 is 6.09. The molecule has 1 aliphatic heterocycles. The van der Waals surface area contributed by atoms with E-state index in [4.69, 9.17) is 16.0 Å². The van der Waals surface area contributed by atoms with E-state index < -0.39 is 0 Å². The summed E-state index contributed by atoms with van der Waals surface area (Å²) in [5.74, 6) is 1.44. The molecule has 0 radical (unpaired) electrons. The van der Waals surface area contributed by atoms with Crippen LogP contribution < -0.4 is 5.32 Å². The highest BCUT2D eigenvalue weighted by atomic mass is 35.5. The van der Waals surface area contributed by atoms with Crippen LogP contribution in [-0.4, -0.2) is 18.9 Å². The van der Waals surface area contributed by atoms with Crippen LogP contribution in [0.4, 0.5) is 0 Å². The van der Waals surface area contributed by atoms with Crippen LogP contribution in [0.1, 0.15) is 36.7 Å². The van der Waals surface area contributed by atoms with Gasteiger partial charge in [-0.3, -0.25) is 4.79 Å². The second-order valence-electron chi connectivity index (χ2n) is 5.98. The Morgan fingerprint density at radius 2 is 2.38 bits per heavy atom. The molecule has 2 atom stereocenters. The van der Waals surface area contributed by atoms with E-state index >= 15 is 0 Å². The molecule has 1 aliphatic rings. The smallest absolute Gasteiger partial charge is 0.198 e. The SMILES string of the molecule is CC(CC(=O)c1cc2cccc(Cl)c2o1)C1CCCNC1. The third-order valence-corrected chi connectivity index (χ3v) is 4.72. The van der Waals surface area contributed by atoms with Crippen molar-refractivity contribution in [3.63, 3.8) is 0 Å². The lowest BCUT2D eigenvalue weighted by Crippen LogP contribution is -2.33. The first-order chi connectivity index (χ1) is 10.1. The van der Waals surface area contributed by atoms with Gasteiger partial charge in [-0.2, -0.15) is 0 Å². The van der Waals surface area contributed by atoms with Gasteiger partial charge in [0.1, 0.15) is 0 Å². The van der Waals surface area contributed by atoms with Gasteiger partial charge in [-0.05, 0) is 49.9 Å². The van der Waals surface area contributed by atoms with E-state index in [-0.39, 0.29) is 5.78 Å². The van der Waals surface area contributed by atoms with Gasteiger partial charge in [-0.1, -0.05) is 30.7 Å². The molecule has 1 saturated heterocycles. The molecule has 0 aliphatic carbocycles. The fraction of sp³-hybridized carbons (Fsp3) is 0.471. The predicted molar refractivity (Wildman–Crippen MR) is 84.9 cm³/mol. The summed E-state index contributed by atoms with van der Waals surface area (Å²) in [4.78, 5) is 12.4. The highest BCUT2D eigenvalue weighted by molar-refractivity contribution is 6.34. The number of para-hydroxylation sites is 1. The molecule has 0 saturated carbocycles. The quantitative estimate of drug-likeness (QED) is 0.857. The van der Waals surface area contributed by atoms with E-state index in [9.17, 15) is 4.79 Å². The van der Waals surface area contributed by atoms with Crippen LogP contribution in [0.25, 0.3) is 11.0 Å². The number of benzene rings is 1. The number of hydrogen-bond donors (Lipinski definition) is 1. The lowest BCUT2D eigenvalue weighted by Gasteiger charge is -2.27. The third kappa shape index (κ3) is 3.14. The van der Waals surface area contributed by atoms with Gasteiger partial charge < -0.3 is 9.73 Å². The summed E-state index contributed by atoms with van der Waals surface area (Å²) < 4.78 is 5.65. The number of halogens is 1. The molecule has 0 amide bonds. The average molecular weight is 306 g/mol. The first-order valence-electron chi connectivity index (χ1n) is 7.57. The number of rotatable bonds is 4. The second-order valence-corrected chi connectivity index (χ2v) is 6.39. The highest BCUT2D eigenvalue weighted by Gasteiger charge is 2.24. The highest BCUT2D eigenvalue weighted by Crippen LogP contribution is 2.29. The molecule has 1 aromatic heterocycles. The van der Waals surface area contributed by atoms with Gasteiger partial charge in [-0.25, -0.2) is 0 Å². The molecule has 2 unspecified atom stereocenters. The van der Waals surface area contributed by atoms with Crippen LogP contribution in [0.3, 0.4) is 0 Å². The number of piperidine rings is 1. The van der Waals surface area contributed by atoms with E-state index in [1.807, 2.05) is 12.1 Å². The van der Waals surface area contributed by atoms with E-state index in [1.165, 1.54) is 12.8 Å². The largest absolute Gasteiger partial charge is 0.451 e. The molecule has 1 aromatic carbocycles. The number of carbonyl (C=O) groups excluding carboxylic acids is 1. The Morgan fingerprint density at radius 1 is 1.52 bits per heavy atom. The van der Waals surface area contributed by atoms with Crippen molar-refractivity contribution in [1.82, 2.24) is 5.32 Å². The summed E-state index contributed by atoms with van der Waals surface area (Å²) in [5.41, 5.74) is 0.606. The Hall–Kier alpha value is -1.32. The number of ketones is 1. The van der Waals surface area contributed by atoms with Gasteiger partial charge >= 0.3 is 0 Å². The van der Waals surface area contributed by atoms with Crippen LogP contribution in [0.15, 0.2) is 28.7 Å². The average Bonchev–Trinajstić information content (AvgIpc) is 2.94. The third-order valence-electron chi connectivity index (χ3n) is 4.42. The number of fused-ring (bicyclic) bond motifs is 1. The number of hydrogen-bond acceptors (Lipinski definition) is 3. The molecule has 2 aromatic rings.